The van der Waals surface area contributed by atoms with Crippen LogP contribution in [-0.4, -0.2) is 11.6 Å². The van der Waals surface area contributed by atoms with Gasteiger partial charge in [0.15, 0.2) is 0 Å². The van der Waals surface area contributed by atoms with E-state index in [4.69, 9.17) is 0 Å². The number of ketones is 2. The molecule has 0 saturated heterocycles. The van der Waals surface area contributed by atoms with Crippen molar-refractivity contribution in [1.82, 2.24) is 0 Å². The zero-order chi connectivity index (χ0) is 16.2. The SMILES string of the molecule is CC(=O)CCc1ccccc1.CC(=O)CCc1ccccc1.[Cu]. The fourth-order valence-electron chi connectivity index (χ4n) is 1.93. The van der Waals surface area contributed by atoms with Gasteiger partial charge < -0.3 is 9.59 Å². The number of carbonyl (C=O) groups is 2. The molecule has 23 heavy (non-hydrogen) atoms. The summed E-state index contributed by atoms with van der Waals surface area (Å²) in [6.45, 7) is 3.26. The number of carbonyl (C=O) groups excluding carboxylic acids is 2. The van der Waals surface area contributed by atoms with Crippen LogP contribution in [0.4, 0.5) is 0 Å². The molecule has 127 valence electrons. The van der Waals surface area contributed by atoms with Gasteiger partial charge in [0.25, 0.3) is 0 Å². The maximum absolute atomic E-state index is 10.6. The third kappa shape index (κ3) is 11.5. The summed E-state index contributed by atoms with van der Waals surface area (Å²) in [5, 5.41) is 0. The quantitative estimate of drug-likeness (QED) is 0.716. The zero-order valence-electron chi connectivity index (χ0n) is 13.7. The Morgan fingerprint density at radius 1 is 0.652 bits per heavy atom. The Kier molecular flexibility index (Phi) is 11.9. The van der Waals surface area contributed by atoms with Crippen LogP contribution in [-0.2, 0) is 39.5 Å². The largest absolute Gasteiger partial charge is 0.300 e. The molecule has 0 aliphatic carbocycles. The summed E-state index contributed by atoms with van der Waals surface area (Å²) in [5.41, 5.74) is 2.48. The minimum absolute atomic E-state index is 0. The van der Waals surface area contributed by atoms with E-state index in [2.05, 4.69) is 0 Å². The van der Waals surface area contributed by atoms with E-state index in [1.807, 2.05) is 60.7 Å². The molecule has 0 amide bonds. The molecule has 0 aromatic heterocycles. The predicted octanol–water partition coefficient (Wildman–Crippen LogP) is 4.41. The van der Waals surface area contributed by atoms with Gasteiger partial charge in [-0.1, -0.05) is 60.7 Å². The van der Waals surface area contributed by atoms with Gasteiger partial charge in [-0.2, -0.15) is 0 Å². The number of hydrogen-bond acceptors (Lipinski definition) is 2. The second kappa shape index (κ2) is 12.8. The van der Waals surface area contributed by atoms with Crippen LogP contribution in [0.2, 0.25) is 0 Å². The molecule has 2 aromatic carbocycles. The summed E-state index contributed by atoms with van der Waals surface area (Å²) in [7, 11) is 0. The van der Waals surface area contributed by atoms with Crippen molar-refractivity contribution >= 4 is 11.6 Å². The average molecular weight is 360 g/mol. The van der Waals surface area contributed by atoms with Crippen LogP contribution in [0.5, 0.6) is 0 Å². The molecule has 0 N–H and O–H groups in total. The minimum atomic E-state index is 0. The first-order valence-electron chi connectivity index (χ1n) is 7.64. The third-order valence-electron chi connectivity index (χ3n) is 3.22. The van der Waals surface area contributed by atoms with Gasteiger partial charge >= 0.3 is 0 Å². The van der Waals surface area contributed by atoms with Crippen molar-refractivity contribution in [3.8, 4) is 0 Å². The van der Waals surface area contributed by atoms with Crippen LogP contribution < -0.4 is 0 Å². The van der Waals surface area contributed by atoms with Crippen LogP contribution in [0.3, 0.4) is 0 Å². The molecule has 0 unspecified atom stereocenters. The average Bonchev–Trinajstić information content (AvgIpc) is 2.53. The number of hydrogen-bond donors (Lipinski definition) is 0. The smallest absolute Gasteiger partial charge is 0.130 e. The van der Waals surface area contributed by atoms with Crippen molar-refractivity contribution in [3.63, 3.8) is 0 Å². The molecule has 1 radical (unpaired) electrons. The van der Waals surface area contributed by atoms with Gasteiger partial charge in [0.1, 0.15) is 11.6 Å². The van der Waals surface area contributed by atoms with Crippen molar-refractivity contribution in [3.05, 3.63) is 71.8 Å². The van der Waals surface area contributed by atoms with Crippen LogP contribution >= 0.6 is 0 Å². The molecule has 0 bridgehead atoms. The minimum Gasteiger partial charge on any atom is -0.300 e. The van der Waals surface area contributed by atoms with E-state index >= 15 is 0 Å². The van der Waals surface area contributed by atoms with Crippen LogP contribution in [0.25, 0.3) is 0 Å². The molecular weight excluding hydrogens is 336 g/mol. The Morgan fingerprint density at radius 3 is 1.22 bits per heavy atom. The summed E-state index contributed by atoms with van der Waals surface area (Å²) in [4.78, 5) is 21.2. The molecular formula is C20H24CuO2. The van der Waals surface area contributed by atoms with Crippen molar-refractivity contribution in [2.45, 2.75) is 39.5 Å². The fourth-order valence-corrected chi connectivity index (χ4v) is 1.93. The topological polar surface area (TPSA) is 34.1 Å². The molecule has 2 nitrogen and oxygen atoms in total. The monoisotopic (exact) mass is 359 g/mol. The van der Waals surface area contributed by atoms with Gasteiger partial charge in [0.2, 0.25) is 0 Å². The van der Waals surface area contributed by atoms with E-state index in [-0.39, 0.29) is 28.6 Å². The summed E-state index contributed by atoms with van der Waals surface area (Å²) in [6.07, 6.45) is 3.06. The van der Waals surface area contributed by atoms with Gasteiger partial charge in [0.05, 0.1) is 0 Å². The summed E-state index contributed by atoms with van der Waals surface area (Å²) >= 11 is 0. The van der Waals surface area contributed by atoms with Crippen molar-refractivity contribution in [1.29, 1.82) is 0 Å². The van der Waals surface area contributed by atoms with E-state index in [9.17, 15) is 9.59 Å². The van der Waals surface area contributed by atoms with Gasteiger partial charge in [-0.25, -0.2) is 0 Å². The second-order valence-electron chi connectivity index (χ2n) is 5.38. The predicted molar refractivity (Wildman–Crippen MR) is 90.9 cm³/mol. The first-order valence-corrected chi connectivity index (χ1v) is 7.64. The van der Waals surface area contributed by atoms with E-state index in [0.29, 0.717) is 12.8 Å². The molecule has 0 aliphatic heterocycles. The van der Waals surface area contributed by atoms with Gasteiger partial charge in [-0.3, -0.25) is 0 Å². The first-order chi connectivity index (χ1) is 10.6. The molecule has 0 saturated carbocycles. The molecule has 0 heterocycles. The van der Waals surface area contributed by atoms with Crippen molar-refractivity contribution in [2.24, 2.45) is 0 Å². The van der Waals surface area contributed by atoms with E-state index in [1.54, 1.807) is 13.8 Å². The molecule has 3 heteroatoms. The van der Waals surface area contributed by atoms with Crippen LogP contribution in [0.1, 0.15) is 37.8 Å². The third-order valence-corrected chi connectivity index (χ3v) is 3.22. The van der Waals surface area contributed by atoms with Crippen molar-refractivity contribution in [2.75, 3.05) is 0 Å². The Labute approximate surface area is 149 Å². The molecule has 2 rings (SSSR count). The Hall–Kier alpha value is -1.70. The van der Waals surface area contributed by atoms with Crippen LogP contribution in [0, 0.1) is 0 Å². The Morgan fingerprint density at radius 2 is 0.957 bits per heavy atom. The molecule has 0 aliphatic rings. The van der Waals surface area contributed by atoms with Crippen LogP contribution in [0.15, 0.2) is 60.7 Å². The van der Waals surface area contributed by atoms with Gasteiger partial charge in [0, 0.05) is 29.9 Å². The molecule has 2 aromatic rings. The van der Waals surface area contributed by atoms with E-state index < -0.39 is 0 Å². The fraction of sp³-hybridized carbons (Fsp3) is 0.300. The maximum atomic E-state index is 10.6. The Bertz CT molecular complexity index is 511. The summed E-state index contributed by atoms with van der Waals surface area (Å²) in [6, 6.07) is 20.1. The van der Waals surface area contributed by atoms with Gasteiger partial charge in [-0.15, -0.1) is 0 Å². The summed E-state index contributed by atoms with van der Waals surface area (Å²) < 4.78 is 0. The standard InChI is InChI=1S/2C10H12O.Cu/c2*1-9(11)7-8-10-5-3-2-4-6-10;/h2*2-6H,7-8H2,1H3;. The molecule has 0 fully saturated rings. The molecule has 0 spiro atoms. The summed E-state index contributed by atoms with van der Waals surface area (Å²) in [5.74, 6) is 0.516. The number of rotatable bonds is 6. The zero-order valence-corrected chi connectivity index (χ0v) is 14.7. The number of benzene rings is 2. The van der Waals surface area contributed by atoms with Gasteiger partial charge in [-0.05, 0) is 37.8 Å². The van der Waals surface area contributed by atoms with E-state index in [1.165, 1.54) is 11.1 Å². The van der Waals surface area contributed by atoms with E-state index in [0.717, 1.165) is 12.8 Å². The van der Waals surface area contributed by atoms with Crippen molar-refractivity contribution < 1.29 is 26.7 Å². The maximum Gasteiger partial charge on any atom is 0.130 e. The second-order valence-corrected chi connectivity index (χ2v) is 5.38. The first kappa shape index (κ1) is 21.3. The normalized spacial score (nSPS) is 9.13. The Balaban J connectivity index is 0.000000403. The molecule has 0 atom stereocenters. The number of Topliss-reactive ketones (excluding diaryl/α,β-unsaturated/α-hetero) is 2. The number of aryl methyl sites for hydroxylation is 2.